The zero-order valence-corrected chi connectivity index (χ0v) is 10.9. The van der Waals surface area contributed by atoms with Crippen LogP contribution in [0.5, 0.6) is 0 Å². The second-order valence-electron chi connectivity index (χ2n) is 5.36. The summed E-state index contributed by atoms with van der Waals surface area (Å²) in [4.78, 5) is 4.57. The highest BCUT2D eigenvalue weighted by Crippen LogP contribution is 2.24. The van der Waals surface area contributed by atoms with Gasteiger partial charge in [-0.25, -0.2) is 4.99 Å². The smallest absolute Gasteiger partial charge is 0.289 e. The molecule has 1 aliphatic heterocycles. The molecule has 1 atom stereocenters. The van der Waals surface area contributed by atoms with E-state index in [2.05, 4.69) is 50.1 Å². The highest BCUT2D eigenvalue weighted by atomic mass is 16.5. The maximum absolute atomic E-state index is 5.70. The van der Waals surface area contributed by atoms with E-state index in [0.29, 0.717) is 6.02 Å². The summed E-state index contributed by atoms with van der Waals surface area (Å²) in [7, 11) is 0. The van der Waals surface area contributed by atoms with Crippen molar-refractivity contribution < 1.29 is 4.74 Å². The topological polar surface area (TPSA) is 33.6 Å². The normalized spacial score (nSPS) is 22.6. The summed E-state index contributed by atoms with van der Waals surface area (Å²) in [5, 5.41) is 3.24. The molecule has 92 valence electrons. The number of nitrogens with zero attached hydrogens (tertiary/aromatic N) is 1. The minimum atomic E-state index is -0.0518. The summed E-state index contributed by atoms with van der Waals surface area (Å²) in [6.45, 7) is 8.41. The predicted molar refractivity (Wildman–Crippen MR) is 71.5 cm³/mol. The van der Waals surface area contributed by atoms with E-state index in [1.807, 2.05) is 12.1 Å². The van der Waals surface area contributed by atoms with E-state index in [-0.39, 0.29) is 11.6 Å². The van der Waals surface area contributed by atoms with Crippen molar-refractivity contribution in [2.75, 3.05) is 5.32 Å². The second kappa shape index (κ2) is 4.40. The van der Waals surface area contributed by atoms with E-state index in [9.17, 15) is 0 Å². The molecule has 0 radical (unpaired) electrons. The van der Waals surface area contributed by atoms with Crippen molar-refractivity contribution in [3.8, 4) is 0 Å². The predicted octanol–water partition coefficient (Wildman–Crippen LogP) is 3.35. The standard InChI is InChI=1S/C14H20N2O/c1-10-6-5-7-12(8-10)15-13-16-14(3,4)9-11(2)17-13/h5-8,11H,9H2,1-4H3,(H,15,16). The lowest BCUT2D eigenvalue weighted by molar-refractivity contribution is 0.144. The van der Waals surface area contributed by atoms with Crippen LogP contribution in [0.2, 0.25) is 0 Å². The Labute approximate surface area is 103 Å². The molecule has 2 rings (SSSR count). The van der Waals surface area contributed by atoms with Crippen LogP contribution in [-0.2, 0) is 4.74 Å². The molecule has 1 unspecified atom stereocenters. The average molecular weight is 232 g/mol. The summed E-state index contributed by atoms with van der Waals surface area (Å²) < 4.78 is 5.70. The molecule has 1 N–H and O–H groups in total. The Kier molecular flexibility index (Phi) is 3.09. The molecule has 0 aromatic heterocycles. The van der Waals surface area contributed by atoms with Crippen molar-refractivity contribution in [2.24, 2.45) is 4.99 Å². The van der Waals surface area contributed by atoms with Gasteiger partial charge < -0.3 is 10.1 Å². The average Bonchev–Trinajstić information content (AvgIpc) is 2.13. The van der Waals surface area contributed by atoms with E-state index in [0.717, 1.165) is 12.1 Å². The minimum absolute atomic E-state index is 0.0518. The van der Waals surface area contributed by atoms with Gasteiger partial charge in [-0.15, -0.1) is 0 Å². The Balaban J connectivity index is 2.16. The number of hydrogen-bond donors (Lipinski definition) is 1. The van der Waals surface area contributed by atoms with Crippen molar-refractivity contribution in [2.45, 2.75) is 45.8 Å². The number of hydrogen-bond acceptors (Lipinski definition) is 3. The van der Waals surface area contributed by atoms with Crippen molar-refractivity contribution in [1.82, 2.24) is 0 Å². The van der Waals surface area contributed by atoms with Gasteiger partial charge in [0.25, 0.3) is 6.02 Å². The maximum Gasteiger partial charge on any atom is 0.289 e. The lowest BCUT2D eigenvalue weighted by atomic mass is 9.97. The number of rotatable bonds is 1. The number of benzene rings is 1. The monoisotopic (exact) mass is 232 g/mol. The summed E-state index contributed by atoms with van der Waals surface area (Å²) in [5.74, 6) is 0. The van der Waals surface area contributed by atoms with E-state index in [1.165, 1.54) is 5.56 Å². The van der Waals surface area contributed by atoms with Crippen LogP contribution in [0, 0.1) is 6.92 Å². The van der Waals surface area contributed by atoms with Crippen LogP contribution in [-0.4, -0.2) is 17.7 Å². The molecule has 0 amide bonds. The fourth-order valence-corrected chi connectivity index (χ4v) is 2.19. The van der Waals surface area contributed by atoms with Crippen LogP contribution in [0.25, 0.3) is 0 Å². The number of nitrogens with one attached hydrogen (secondary N) is 1. The largest absolute Gasteiger partial charge is 0.462 e. The van der Waals surface area contributed by atoms with Crippen LogP contribution in [0.1, 0.15) is 32.8 Å². The second-order valence-corrected chi connectivity index (χ2v) is 5.36. The fraction of sp³-hybridized carbons (Fsp3) is 0.500. The third-order valence-electron chi connectivity index (χ3n) is 2.77. The molecule has 0 bridgehead atoms. The van der Waals surface area contributed by atoms with Crippen LogP contribution >= 0.6 is 0 Å². The Morgan fingerprint density at radius 3 is 2.82 bits per heavy atom. The Morgan fingerprint density at radius 1 is 1.41 bits per heavy atom. The van der Waals surface area contributed by atoms with Gasteiger partial charge in [-0.05, 0) is 45.4 Å². The number of aryl methyl sites for hydroxylation is 1. The number of aliphatic imine (C=N–C) groups is 1. The summed E-state index contributed by atoms with van der Waals surface area (Å²) >= 11 is 0. The van der Waals surface area contributed by atoms with Gasteiger partial charge in [0.15, 0.2) is 0 Å². The van der Waals surface area contributed by atoms with Gasteiger partial charge in [0.2, 0.25) is 0 Å². The fourth-order valence-electron chi connectivity index (χ4n) is 2.19. The molecule has 3 nitrogen and oxygen atoms in total. The molecule has 17 heavy (non-hydrogen) atoms. The van der Waals surface area contributed by atoms with E-state index >= 15 is 0 Å². The molecule has 0 aliphatic carbocycles. The van der Waals surface area contributed by atoms with Gasteiger partial charge in [-0.3, -0.25) is 0 Å². The molecule has 1 aromatic rings. The molecule has 0 saturated heterocycles. The molecule has 1 aromatic carbocycles. The lowest BCUT2D eigenvalue weighted by Crippen LogP contribution is -2.36. The highest BCUT2D eigenvalue weighted by molar-refractivity contribution is 5.89. The Hall–Kier alpha value is -1.51. The Bertz CT molecular complexity index is 438. The molecular formula is C14H20N2O. The third-order valence-corrected chi connectivity index (χ3v) is 2.77. The molecule has 1 aliphatic rings. The van der Waals surface area contributed by atoms with E-state index in [1.54, 1.807) is 0 Å². The first kappa shape index (κ1) is 12.0. The molecule has 3 heteroatoms. The molecule has 1 heterocycles. The van der Waals surface area contributed by atoms with Crippen LogP contribution in [0.3, 0.4) is 0 Å². The van der Waals surface area contributed by atoms with Crippen LogP contribution in [0.15, 0.2) is 29.3 Å². The minimum Gasteiger partial charge on any atom is -0.462 e. The lowest BCUT2D eigenvalue weighted by Gasteiger charge is -2.31. The first-order valence-electron chi connectivity index (χ1n) is 6.05. The van der Waals surface area contributed by atoms with E-state index in [4.69, 9.17) is 4.74 Å². The van der Waals surface area contributed by atoms with Crippen LogP contribution < -0.4 is 5.32 Å². The first-order valence-corrected chi connectivity index (χ1v) is 6.05. The van der Waals surface area contributed by atoms with E-state index < -0.39 is 0 Å². The molecule has 0 fully saturated rings. The number of ether oxygens (including phenoxy) is 1. The molecular weight excluding hydrogens is 212 g/mol. The van der Waals surface area contributed by atoms with Crippen molar-refractivity contribution in [1.29, 1.82) is 0 Å². The molecule has 0 saturated carbocycles. The van der Waals surface area contributed by atoms with Gasteiger partial charge in [0.1, 0.15) is 6.10 Å². The first-order chi connectivity index (χ1) is 7.94. The quantitative estimate of drug-likeness (QED) is 0.805. The van der Waals surface area contributed by atoms with Gasteiger partial charge in [0, 0.05) is 12.1 Å². The summed E-state index contributed by atoms with van der Waals surface area (Å²) in [6.07, 6.45) is 1.15. The zero-order valence-electron chi connectivity index (χ0n) is 10.9. The highest BCUT2D eigenvalue weighted by Gasteiger charge is 2.28. The SMILES string of the molecule is Cc1cccc(NC2=NC(C)(C)CC(C)O2)c1. The van der Waals surface area contributed by atoms with Crippen molar-refractivity contribution >= 4 is 11.7 Å². The van der Waals surface area contributed by atoms with Gasteiger partial charge >= 0.3 is 0 Å². The van der Waals surface area contributed by atoms with Crippen LogP contribution in [0.4, 0.5) is 5.69 Å². The maximum atomic E-state index is 5.70. The summed E-state index contributed by atoms with van der Waals surface area (Å²) in [6, 6.07) is 8.82. The van der Waals surface area contributed by atoms with Crippen molar-refractivity contribution in [3.05, 3.63) is 29.8 Å². The van der Waals surface area contributed by atoms with Crippen molar-refractivity contribution in [3.63, 3.8) is 0 Å². The van der Waals surface area contributed by atoms with Gasteiger partial charge in [-0.1, -0.05) is 12.1 Å². The Morgan fingerprint density at radius 2 is 2.18 bits per heavy atom. The number of anilines is 1. The molecule has 0 spiro atoms. The number of amidine groups is 1. The van der Waals surface area contributed by atoms with Gasteiger partial charge in [0.05, 0.1) is 5.54 Å². The summed E-state index contributed by atoms with van der Waals surface area (Å²) in [5.41, 5.74) is 2.19. The van der Waals surface area contributed by atoms with Gasteiger partial charge in [-0.2, -0.15) is 0 Å². The third kappa shape index (κ3) is 3.22. The zero-order chi connectivity index (χ0) is 12.5.